The molecule has 166 valence electrons. The van der Waals surface area contributed by atoms with Crippen LogP contribution in [0.3, 0.4) is 0 Å². The zero-order valence-electron chi connectivity index (χ0n) is 17.5. The Balaban J connectivity index is 1.51. The molecule has 4 rings (SSSR count). The van der Waals surface area contributed by atoms with E-state index in [9.17, 15) is 18.4 Å². The van der Waals surface area contributed by atoms with Gasteiger partial charge in [-0.15, -0.1) is 11.3 Å². The minimum absolute atomic E-state index is 0.0682. The Kier molecular flexibility index (Phi) is 6.32. The van der Waals surface area contributed by atoms with E-state index in [4.69, 9.17) is 4.74 Å². The maximum absolute atomic E-state index is 14.2. The van der Waals surface area contributed by atoms with Crippen LogP contribution in [0.2, 0.25) is 0 Å². The van der Waals surface area contributed by atoms with Gasteiger partial charge in [-0.2, -0.15) is 0 Å². The lowest BCUT2D eigenvalue weighted by atomic mass is 9.79. The lowest BCUT2D eigenvalue weighted by Gasteiger charge is -2.27. The number of carbonyl (C=O) groups is 2. The molecule has 1 amide bonds. The first kappa shape index (κ1) is 22.1. The molecule has 0 bridgehead atoms. The summed E-state index contributed by atoms with van der Waals surface area (Å²) in [6.07, 6.45) is 3.07. The number of hydrogen-bond donors (Lipinski definition) is 0. The summed E-state index contributed by atoms with van der Waals surface area (Å²) in [5, 5.41) is 1.97. The minimum Gasteiger partial charge on any atom is -0.458 e. The number of ether oxygens (including phenoxy) is 1. The van der Waals surface area contributed by atoms with Gasteiger partial charge in [0, 0.05) is 12.3 Å². The third-order valence-corrected chi connectivity index (χ3v) is 6.61. The number of benzene rings is 2. The number of thiazole rings is 1. The van der Waals surface area contributed by atoms with E-state index in [0.29, 0.717) is 23.7 Å². The van der Waals surface area contributed by atoms with E-state index >= 15 is 0 Å². The molecule has 0 spiro atoms. The van der Waals surface area contributed by atoms with Gasteiger partial charge in [0.25, 0.3) is 0 Å². The van der Waals surface area contributed by atoms with Crippen molar-refractivity contribution in [3.63, 3.8) is 0 Å². The number of halogens is 2. The van der Waals surface area contributed by atoms with Crippen LogP contribution in [0.25, 0.3) is 0 Å². The van der Waals surface area contributed by atoms with E-state index in [0.717, 1.165) is 29.7 Å². The number of hydrogen-bond acceptors (Lipinski definition) is 5. The Labute approximate surface area is 188 Å². The molecule has 0 unspecified atom stereocenters. The van der Waals surface area contributed by atoms with Crippen LogP contribution >= 0.6 is 11.3 Å². The van der Waals surface area contributed by atoms with Gasteiger partial charge >= 0.3 is 5.97 Å². The van der Waals surface area contributed by atoms with Gasteiger partial charge in [-0.1, -0.05) is 37.1 Å². The smallest absolute Gasteiger partial charge is 0.316 e. The van der Waals surface area contributed by atoms with E-state index in [1.165, 1.54) is 36.1 Å². The average Bonchev–Trinajstić information content (AvgIpc) is 3.45. The van der Waals surface area contributed by atoms with E-state index in [1.807, 2.05) is 0 Å². The number of para-hydroxylation sites is 1. The van der Waals surface area contributed by atoms with Crippen LogP contribution in [0.15, 0.2) is 53.9 Å². The molecule has 1 saturated carbocycles. The number of aromatic nitrogens is 1. The topological polar surface area (TPSA) is 59.5 Å². The fourth-order valence-electron chi connectivity index (χ4n) is 4.14. The van der Waals surface area contributed by atoms with Gasteiger partial charge in [-0.05, 0) is 42.7 Å². The van der Waals surface area contributed by atoms with Gasteiger partial charge in [0.05, 0.1) is 16.8 Å². The molecule has 0 aliphatic heterocycles. The second-order valence-corrected chi connectivity index (χ2v) is 8.64. The van der Waals surface area contributed by atoms with Gasteiger partial charge in [-0.25, -0.2) is 13.8 Å². The number of rotatable bonds is 6. The zero-order valence-corrected chi connectivity index (χ0v) is 18.3. The molecule has 1 aliphatic rings. The van der Waals surface area contributed by atoms with Crippen LogP contribution in [0, 0.1) is 11.6 Å². The van der Waals surface area contributed by atoms with Crippen molar-refractivity contribution in [2.45, 2.75) is 44.6 Å². The Bertz CT molecular complexity index is 1120. The van der Waals surface area contributed by atoms with Crippen LogP contribution in [-0.2, 0) is 26.3 Å². The molecular formula is C24H22F2N2O3S. The fraction of sp³-hybridized carbons (Fsp3) is 0.292. The van der Waals surface area contributed by atoms with Crippen LogP contribution in [0.5, 0.6) is 0 Å². The first-order valence-corrected chi connectivity index (χ1v) is 11.2. The number of nitrogens with zero attached hydrogens (tertiary/aromatic N) is 2. The quantitative estimate of drug-likeness (QED) is 0.449. The molecule has 3 aromatic rings. The monoisotopic (exact) mass is 456 g/mol. The van der Waals surface area contributed by atoms with Crippen molar-refractivity contribution in [3.05, 3.63) is 76.8 Å². The standard InChI is InChI=1S/C24H22F2N2O3S/c1-16(29)28(21-7-3-2-6-20(21)26)23-27-19(15-32-23)14-31-22(30)24(12-4-5-13-24)17-8-10-18(25)11-9-17/h2-3,6-11,15H,4-5,12-14H2,1H3. The van der Waals surface area contributed by atoms with E-state index in [-0.39, 0.29) is 30.0 Å². The summed E-state index contributed by atoms with van der Waals surface area (Å²) in [6.45, 7) is 1.27. The van der Waals surface area contributed by atoms with Crippen LogP contribution in [-0.4, -0.2) is 16.9 Å². The Hall–Kier alpha value is -3.13. The van der Waals surface area contributed by atoms with Crippen molar-refractivity contribution in [2.24, 2.45) is 0 Å². The fourth-order valence-corrected chi connectivity index (χ4v) is 5.01. The van der Waals surface area contributed by atoms with Gasteiger partial charge in [0.2, 0.25) is 5.91 Å². The highest BCUT2D eigenvalue weighted by atomic mass is 32.1. The summed E-state index contributed by atoms with van der Waals surface area (Å²) in [5.74, 6) is -1.63. The summed E-state index contributed by atoms with van der Waals surface area (Å²) in [7, 11) is 0. The molecule has 32 heavy (non-hydrogen) atoms. The van der Waals surface area contributed by atoms with E-state index < -0.39 is 11.2 Å². The van der Waals surface area contributed by atoms with E-state index in [1.54, 1.807) is 29.6 Å². The van der Waals surface area contributed by atoms with Crippen molar-refractivity contribution in [2.75, 3.05) is 4.90 Å². The Morgan fingerprint density at radius 1 is 1.09 bits per heavy atom. The van der Waals surface area contributed by atoms with Crippen LogP contribution in [0.4, 0.5) is 19.6 Å². The molecule has 1 aromatic heterocycles. The SMILES string of the molecule is CC(=O)N(c1nc(COC(=O)C2(c3ccc(F)cc3)CCCC2)cs1)c1ccccc1F. The molecule has 2 aromatic carbocycles. The van der Waals surface area contributed by atoms with Gasteiger partial charge in [-0.3, -0.25) is 14.5 Å². The lowest BCUT2D eigenvalue weighted by Crippen LogP contribution is -2.34. The first-order valence-electron chi connectivity index (χ1n) is 10.3. The molecular weight excluding hydrogens is 434 g/mol. The minimum atomic E-state index is -0.787. The summed E-state index contributed by atoms with van der Waals surface area (Å²) in [6, 6.07) is 12.0. The van der Waals surface area contributed by atoms with Crippen molar-refractivity contribution >= 4 is 34.0 Å². The first-order chi connectivity index (χ1) is 15.4. The molecule has 5 nitrogen and oxygen atoms in total. The predicted octanol–water partition coefficient (Wildman–Crippen LogP) is 5.66. The number of carbonyl (C=O) groups excluding carboxylic acids is 2. The highest BCUT2D eigenvalue weighted by Crippen LogP contribution is 2.42. The molecule has 8 heteroatoms. The Morgan fingerprint density at radius 3 is 2.44 bits per heavy atom. The highest BCUT2D eigenvalue weighted by Gasteiger charge is 2.44. The molecule has 0 N–H and O–H groups in total. The summed E-state index contributed by atoms with van der Waals surface area (Å²) >= 11 is 1.16. The molecule has 1 fully saturated rings. The molecule has 0 radical (unpaired) electrons. The maximum Gasteiger partial charge on any atom is 0.316 e. The van der Waals surface area contributed by atoms with Crippen molar-refractivity contribution in [1.82, 2.24) is 4.98 Å². The average molecular weight is 457 g/mol. The van der Waals surface area contributed by atoms with Gasteiger partial charge in [0.15, 0.2) is 5.13 Å². The maximum atomic E-state index is 14.2. The van der Waals surface area contributed by atoms with Crippen molar-refractivity contribution < 1.29 is 23.1 Å². The summed E-state index contributed by atoms with van der Waals surface area (Å²) in [4.78, 5) is 30.9. The second-order valence-electron chi connectivity index (χ2n) is 7.80. The summed E-state index contributed by atoms with van der Waals surface area (Å²) < 4.78 is 33.2. The number of anilines is 2. The molecule has 1 aliphatic carbocycles. The summed E-state index contributed by atoms with van der Waals surface area (Å²) in [5.41, 5.74) is 0.542. The number of esters is 1. The van der Waals surface area contributed by atoms with E-state index in [2.05, 4.69) is 4.98 Å². The Morgan fingerprint density at radius 2 is 1.78 bits per heavy atom. The lowest BCUT2D eigenvalue weighted by molar-refractivity contribution is -0.152. The van der Waals surface area contributed by atoms with Gasteiger partial charge in [0.1, 0.15) is 18.2 Å². The van der Waals surface area contributed by atoms with Crippen molar-refractivity contribution in [1.29, 1.82) is 0 Å². The normalized spacial score (nSPS) is 14.8. The van der Waals surface area contributed by atoms with Crippen LogP contribution < -0.4 is 4.90 Å². The molecule has 0 saturated heterocycles. The third-order valence-electron chi connectivity index (χ3n) is 5.73. The largest absolute Gasteiger partial charge is 0.458 e. The number of amides is 1. The zero-order chi connectivity index (χ0) is 22.7. The highest BCUT2D eigenvalue weighted by molar-refractivity contribution is 7.14. The molecule has 0 atom stereocenters. The third kappa shape index (κ3) is 4.27. The van der Waals surface area contributed by atoms with Crippen molar-refractivity contribution in [3.8, 4) is 0 Å². The predicted molar refractivity (Wildman–Crippen MR) is 118 cm³/mol. The molecule has 1 heterocycles. The van der Waals surface area contributed by atoms with Gasteiger partial charge < -0.3 is 4.74 Å². The second kappa shape index (κ2) is 9.16. The van der Waals surface area contributed by atoms with Crippen LogP contribution in [0.1, 0.15) is 43.9 Å².